The number of hydrogen-bond acceptors (Lipinski definition) is 15. The van der Waals surface area contributed by atoms with E-state index in [1.807, 2.05) is 71.2 Å². The molecular formula is C56H86N4O13. The monoisotopic (exact) mass is 1020 g/mol. The van der Waals surface area contributed by atoms with Crippen LogP contribution < -0.4 is 0 Å². The molecular weight excluding hydrogens is 937 g/mol. The lowest BCUT2D eigenvalue weighted by molar-refractivity contribution is -0.265. The molecule has 17 nitrogen and oxygen atoms in total. The number of aliphatic hydroxyl groups excluding tert-OH is 1. The van der Waals surface area contributed by atoms with Crippen LogP contribution in [0.3, 0.4) is 0 Å². The third kappa shape index (κ3) is 15.9. The van der Waals surface area contributed by atoms with Crippen molar-refractivity contribution in [3.8, 4) is 0 Å². The van der Waals surface area contributed by atoms with Crippen molar-refractivity contribution in [1.82, 2.24) is 19.9 Å². The van der Waals surface area contributed by atoms with Crippen LogP contribution >= 0.6 is 0 Å². The summed E-state index contributed by atoms with van der Waals surface area (Å²) in [5.41, 5.74) is 2.00. The summed E-state index contributed by atoms with van der Waals surface area (Å²) in [7, 11) is 4.63. The van der Waals surface area contributed by atoms with E-state index >= 15 is 0 Å². The Morgan fingerprint density at radius 3 is 2.32 bits per heavy atom. The minimum absolute atomic E-state index is 0.0145. The second-order valence-electron chi connectivity index (χ2n) is 21.4. The van der Waals surface area contributed by atoms with Gasteiger partial charge in [-0.1, -0.05) is 76.3 Å². The van der Waals surface area contributed by atoms with Gasteiger partial charge in [0.2, 0.25) is 5.79 Å². The van der Waals surface area contributed by atoms with E-state index in [2.05, 4.69) is 10.3 Å². The minimum atomic E-state index is -2.44. The third-order valence-electron chi connectivity index (χ3n) is 15.8. The number of aliphatic hydroxyl groups is 2. The summed E-state index contributed by atoms with van der Waals surface area (Å²) in [6.07, 6.45) is 13.9. The number of ketones is 3. The van der Waals surface area contributed by atoms with Gasteiger partial charge < -0.3 is 43.5 Å². The number of Topliss-reactive ketones (excluding diaryl/α,β-unsaturated/α-hetero) is 3. The van der Waals surface area contributed by atoms with Gasteiger partial charge in [0, 0.05) is 65.0 Å². The van der Waals surface area contributed by atoms with Gasteiger partial charge >= 0.3 is 5.97 Å². The van der Waals surface area contributed by atoms with Gasteiger partial charge in [0.05, 0.1) is 37.2 Å². The van der Waals surface area contributed by atoms with Gasteiger partial charge in [-0.05, 0) is 114 Å². The molecule has 1 aromatic rings. The summed E-state index contributed by atoms with van der Waals surface area (Å²) in [6.45, 7) is 15.8. The lowest BCUT2D eigenvalue weighted by atomic mass is 9.78. The number of fused-ring (bicyclic) bond motifs is 3. The molecule has 1 saturated carbocycles. The van der Waals surface area contributed by atoms with E-state index in [1.165, 1.54) is 12.0 Å². The molecule has 4 heterocycles. The average Bonchev–Trinajstić information content (AvgIpc) is 3.85. The van der Waals surface area contributed by atoms with Crippen LogP contribution in [0.15, 0.2) is 53.8 Å². The highest BCUT2D eigenvalue weighted by Gasteiger charge is 2.53. The van der Waals surface area contributed by atoms with E-state index in [9.17, 15) is 34.2 Å². The second-order valence-corrected chi connectivity index (χ2v) is 21.4. The molecule has 4 aliphatic rings. The highest BCUT2D eigenvalue weighted by molar-refractivity contribution is 6.39. The molecule has 5 rings (SSSR count). The standard InChI is InChI=1S/C56H86N4O13/c1-12-59-32-42(57-58-59)33-71-46-24-22-41(29-49(46)69-10)28-37(5)48-31-45(61)36(4)27-39(7)51(63)52(70-11)50(62)38(6)26-34(2)18-14-13-15-19-35(3)47(68-9)30-43-23-21-40(8)56(67,73-43)53(64)54(65)60-25-17-16-20-44(60)55(66)72-48/h13-15,18-19,27,32,34,36-38,40-41,43-44,46-49,51-52,63,67H,12,16-17,20-26,28-31,33H2,1-11H3/b15-13+,18-14+,35-19+,39-27+/t34-,36-,37-,38-,40-,41+,43+,44+,46-,47+,48+,49-,51-,52+,56-/m1/s1. The zero-order chi connectivity index (χ0) is 53.6. The van der Waals surface area contributed by atoms with Crippen LogP contribution in [-0.2, 0) is 65.5 Å². The van der Waals surface area contributed by atoms with E-state index < -0.39 is 77.8 Å². The lowest BCUT2D eigenvalue weighted by Gasteiger charge is -2.42. The van der Waals surface area contributed by atoms with E-state index in [4.69, 9.17) is 28.4 Å². The fraction of sp³-hybridized carbons (Fsp3) is 0.732. The number of piperidine rings is 1. The number of aromatic nitrogens is 3. The normalized spacial score (nSPS) is 37.3. The number of cyclic esters (lactones) is 1. The maximum atomic E-state index is 14.6. The Hall–Kier alpha value is -4.23. The molecule has 15 atom stereocenters. The average molecular weight is 1020 g/mol. The van der Waals surface area contributed by atoms with Gasteiger partial charge in [-0.3, -0.25) is 23.9 Å². The number of nitrogens with zero attached hydrogens (tertiary/aromatic N) is 4. The molecule has 1 amide bonds. The van der Waals surface area contributed by atoms with E-state index in [0.717, 1.165) is 17.7 Å². The Bertz CT molecular complexity index is 2140. The fourth-order valence-corrected chi connectivity index (χ4v) is 11.0. The number of rotatable bonds is 10. The number of carbonyl (C=O) groups is 5. The van der Waals surface area contributed by atoms with Crippen molar-refractivity contribution in [3.05, 3.63) is 59.5 Å². The van der Waals surface area contributed by atoms with Crippen LogP contribution in [0.4, 0.5) is 0 Å². The van der Waals surface area contributed by atoms with E-state index in [0.29, 0.717) is 76.5 Å². The fourth-order valence-electron chi connectivity index (χ4n) is 11.0. The molecule has 17 heteroatoms. The van der Waals surface area contributed by atoms with Crippen molar-refractivity contribution >= 4 is 29.2 Å². The molecule has 0 aromatic carbocycles. The van der Waals surface area contributed by atoms with Crippen molar-refractivity contribution in [2.24, 2.45) is 35.5 Å². The second kappa shape index (κ2) is 28.1. The maximum absolute atomic E-state index is 14.6. The van der Waals surface area contributed by atoms with Crippen LogP contribution in [0.2, 0.25) is 0 Å². The van der Waals surface area contributed by atoms with Gasteiger partial charge in [-0.25, -0.2) is 4.79 Å². The molecule has 2 N–H and O–H groups in total. The third-order valence-corrected chi connectivity index (χ3v) is 15.8. The Morgan fingerprint density at radius 1 is 0.877 bits per heavy atom. The molecule has 0 unspecified atom stereocenters. The van der Waals surface area contributed by atoms with Gasteiger partial charge in [-0.15, -0.1) is 5.10 Å². The predicted octanol–water partition coefficient (Wildman–Crippen LogP) is 7.02. The zero-order valence-electron chi connectivity index (χ0n) is 45.4. The molecule has 408 valence electrons. The molecule has 3 aliphatic heterocycles. The van der Waals surface area contributed by atoms with Crippen LogP contribution in [0.1, 0.15) is 138 Å². The van der Waals surface area contributed by atoms with Gasteiger partial charge in [-0.2, -0.15) is 0 Å². The Labute approximate surface area is 433 Å². The van der Waals surface area contributed by atoms with Crippen LogP contribution in [0.5, 0.6) is 0 Å². The number of esters is 1. The lowest BCUT2D eigenvalue weighted by Crippen LogP contribution is -2.61. The quantitative estimate of drug-likeness (QED) is 0.137. The first kappa shape index (κ1) is 59.6. The first-order chi connectivity index (χ1) is 34.7. The smallest absolute Gasteiger partial charge is 0.329 e. The molecule has 3 fully saturated rings. The first-order valence-corrected chi connectivity index (χ1v) is 26.7. The summed E-state index contributed by atoms with van der Waals surface area (Å²) >= 11 is 0. The van der Waals surface area contributed by atoms with Crippen molar-refractivity contribution < 1.29 is 62.6 Å². The molecule has 1 aromatic heterocycles. The number of ether oxygens (including phenoxy) is 6. The van der Waals surface area contributed by atoms with Gasteiger partial charge in [0.1, 0.15) is 35.8 Å². The highest BCUT2D eigenvalue weighted by Crippen LogP contribution is 2.38. The Kier molecular flexibility index (Phi) is 22.9. The Morgan fingerprint density at radius 2 is 1.63 bits per heavy atom. The summed E-state index contributed by atoms with van der Waals surface area (Å²) < 4.78 is 38.0. The summed E-state index contributed by atoms with van der Waals surface area (Å²) in [6, 6.07) is -1.15. The van der Waals surface area contributed by atoms with Crippen molar-refractivity contribution in [2.75, 3.05) is 27.9 Å². The number of amides is 1. The van der Waals surface area contributed by atoms with E-state index in [1.54, 1.807) is 45.7 Å². The minimum Gasteiger partial charge on any atom is -0.460 e. The molecule has 0 radical (unpaired) electrons. The zero-order valence-corrected chi connectivity index (χ0v) is 45.4. The number of carbonyl (C=O) groups excluding carboxylic acids is 5. The van der Waals surface area contributed by atoms with Crippen molar-refractivity contribution in [1.29, 1.82) is 0 Å². The molecule has 73 heavy (non-hydrogen) atoms. The summed E-state index contributed by atoms with van der Waals surface area (Å²) in [4.78, 5) is 72.6. The van der Waals surface area contributed by atoms with Crippen molar-refractivity contribution in [3.63, 3.8) is 0 Å². The topological polar surface area (TPSA) is 215 Å². The van der Waals surface area contributed by atoms with Gasteiger partial charge in [0.15, 0.2) is 5.78 Å². The molecule has 2 bridgehead atoms. The summed E-state index contributed by atoms with van der Waals surface area (Å²) in [5, 5.41) is 31.9. The summed E-state index contributed by atoms with van der Waals surface area (Å²) in [5.74, 6) is -7.96. The SMILES string of the molecule is CCn1cc(CO[C@@H]2CC[C@@H](C[C@@H](C)[C@@H]3CC(=O)[C@H](C)/C=C(\C)[C@@H](O)[C@@H](OC)C(=O)[C@H](C)C[C@H](C)/C=C/C=C/C=C(\C)[C@@H](OC)C[C@@H]4CC[C@@H](C)[C@@](O)(O4)C(=O)C(=O)N4CCCC[C@H]4C(=O)O3)C[C@H]2OC)nn1. The predicted molar refractivity (Wildman–Crippen MR) is 273 cm³/mol. The molecule has 1 aliphatic carbocycles. The number of aryl methyl sites for hydroxylation is 1. The van der Waals surface area contributed by atoms with Gasteiger partial charge in [0.25, 0.3) is 11.7 Å². The van der Waals surface area contributed by atoms with Crippen LogP contribution in [0, 0.1) is 35.5 Å². The van der Waals surface area contributed by atoms with E-state index in [-0.39, 0.29) is 60.9 Å². The van der Waals surface area contributed by atoms with Crippen LogP contribution in [-0.4, -0.2) is 142 Å². The maximum Gasteiger partial charge on any atom is 0.329 e. The van der Waals surface area contributed by atoms with Crippen molar-refractivity contribution in [2.45, 2.75) is 200 Å². The molecule has 2 saturated heterocycles. The first-order valence-electron chi connectivity index (χ1n) is 26.7. The highest BCUT2D eigenvalue weighted by atomic mass is 16.6. The largest absolute Gasteiger partial charge is 0.460 e. The number of allylic oxidation sites excluding steroid dienone is 6. The number of methoxy groups -OCH3 is 3. The Balaban J connectivity index is 1.43. The van der Waals surface area contributed by atoms with Crippen LogP contribution in [0.25, 0.3) is 0 Å². The molecule has 0 spiro atoms. The number of hydrogen-bond donors (Lipinski definition) is 2.